The van der Waals surface area contributed by atoms with Crippen LogP contribution in [0.2, 0.25) is 0 Å². The summed E-state index contributed by atoms with van der Waals surface area (Å²) in [5.74, 6) is -0.305. The van der Waals surface area contributed by atoms with E-state index in [1.54, 1.807) is 12.3 Å². The third-order valence-corrected chi connectivity index (χ3v) is 4.10. The highest BCUT2D eigenvalue weighted by Gasteiger charge is 2.19. The molecule has 7 heteroatoms. The fraction of sp³-hybridized carbons (Fsp3) is 0.364. The van der Waals surface area contributed by atoms with Crippen LogP contribution in [0.25, 0.3) is 0 Å². The van der Waals surface area contributed by atoms with Gasteiger partial charge in [0.05, 0.1) is 6.54 Å². The van der Waals surface area contributed by atoms with Gasteiger partial charge in [0.2, 0.25) is 17.7 Å². The van der Waals surface area contributed by atoms with Crippen LogP contribution in [-0.4, -0.2) is 40.2 Å². The average molecular weight is 396 g/mol. The van der Waals surface area contributed by atoms with Crippen LogP contribution in [0, 0.1) is 6.92 Å². The monoisotopic (exact) mass is 396 g/mol. The van der Waals surface area contributed by atoms with Crippen molar-refractivity contribution in [1.82, 2.24) is 15.2 Å². The molecule has 7 nitrogen and oxygen atoms in total. The van der Waals surface area contributed by atoms with Crippen LogP contribution in [0.15, 0.2) is 48.7 Å². The Labute approximate surface area is 171 Å². The van der Waals surface area contributed by atoms with E-state index in [2.05, 4.69) is 15.6 Å². The van der Waals surface area contributed by atoms with Crippen LogP contribution in [0.3, 0.4) is 0 Å². The standard InChI is InChI=1S/C22H28N4O3/c1-16(2)24-21(28)15-26(14-18-7-5-4-6-8-18)22(29)10-9-20(27)25-19-13-17(3)11-12-23-19/h4-8,11-13,16H,9-10,14-15H2,1-3H3,(H,24,28)(H,23,25,27). The number of nitrogens with zero attached hydrogens (tertiary/aromatic N) is 2. The largest absolute Gasteiger partial charge is 0.352 e. The number of amides is 3. The minimum absolute atomic E-state index is 0.0104. The lowest BCUT2D eigenvalue weighted by atomic mass is 10.2. The van der Waals surface area contributed by atoms with Crippen molar-refractivity contribution in [2.45, 2.75) is 46.2 Å². The van der Waals surface area contributed by atoms with Gasteiger partial charge in [0.15, 0.2) is 0 Å². The minimum atomic E-state index is -0.289. The van der Waals surface area contributed by atoms with Gasteiger partial charge in [0.25, 0.3) is 0 Å². The smallest absolute Gasteiger partial charge is 0.239 e. The van der Waals surface area contributed by atoms with E-state index in [0.29, 0.717) is 12.4 Å². The Morgan fingerprint density at radius 3 is 2.41 bits per heavy atom. The molecule has 154 valence electrons. The van der Waals surface area contributed by atoms with Gasteiger partial charge in [0.1, 0.15) is 5.82 Å². The van der Waals surface area contributed by atoms with E-state index in [0.717, 1.165) is 11.1 Å². The first-order valence-electron chi connectivity index (χ1n) is 9.67. The molecule has 2 rings (SSSR count). The van der Waals surface area contributed by atoms with Crippen LogP contribution < -0.4 is 10.6 Å². The average Bonchev–Trinajstić information content (AvgIpc) is 2.66. The molecule has 1 aromatic heterocycles. The van der Waals surface area contributed by atoms with E-state index in [9.17, 15) is 14.4 Å². The highest BCUT2D eigenvalue weighted by Crippen LogP contribution is 2.09. The van der Waals surface area contributed by atoms with Gasteiger partial charge in [-0.2, -0.15) is 0 Å². The molecule has 0 spiro atoms. The second kappa shape index (κ2) is 10.9. The molecule has 0 aliphatic heterocycles. The zero-order valence-electron chi connectivity index (χ0n) is 17.1. The number of rotatable bonds is 9. The van der Waals surface area contributed by atoms with Crippen molar-refractivity contribution in [2.75, 3.05) is 11.9 Å². The summed E-state index contributed by atoms with van der Waals surface area (Å²) in [6, 6.07) is 13.0. The maximum atomic E-state index is 12.7. The van der Waals surface area contributed by atoms with Crippen LogP contribution >= 0.6 is 0 Å². The maximum absolute atomic E-state index is 12.7. The molecule has 0 fully saturated rings. The van der Waals surface area contributed by atoms with Crippen molar-refractivity contribution in [3.63, 3.8) is 0 Å². The molecule has 1 heterocycles. The Balaban J connectivity index is 1.96. The molecule has 0 unspecified atom stereocenters. The number of nitrogens with one attached hydrogen (secondary N) is 2. The molecule has 2 aromatic rings. The SMILES string of the molecule is Cc1ccnc(NC(=O)CCC(=O)N(CC(=O)NC(C)C)Cc2ccccc2)c1. The lowest BCUT2D eigenvalue weighted by molar-refractivity contribution is -0.137. The lowest BCUT2D eigenvalue weighted by Gasteiger charge is -2.23. The summed E-state index contributed by atoms with van der Waals surface area (Å²) >= 11 is 0. The predicted molar refractivity (Wildman–Crippen MR) is 112 cm³/mol. The second-order valence-electron chi connectivity index (χ2n) is 7.22. The topological polar surface area (TPSA) is 91.4 Å². The summed E-state index contributed by atoms with van der Waals surface area (Å²) in [5.41, 5.74) is 1.91. The summed E-state index contributed by atoms with van der Waals surface area (Å²) in [5, 5.41) is 5.49. The van der Waals surface area contributed by atoms with Crippen molar-refractivity contribution < 1.29 is 14.4 Å². The molecule has 3 amide bonds. The predicted octanol–water partition coefficient (Wildman–Crippen LogP) is 2.66. The Hall–Kier alpha value is -3.22. The molecular formula is C22H28N4O3. The Morgan fingerprint density at radius 2 is 1.76 bits per heavy atom. The summed E-state index contributed by atoms with van der Waals surface area (Å²) in [4.78, 5) is 42.6. The van der Waals surface area contributed by atoms with E-state index >= 15 is 0 Å². The molecule has 0 aliphatic carbocycles. The summed E-state index contributed by atoms with van der Waals surface area (Å²) < 4.78 is 0. The van der Waals surface area contributed by atoms with Gasteiger partial charge >= 0.3 is 0 Å². The molecule has 0 saturated carbocycles. The fourth-order valence-corrected chi connectivity index (χ4v) is 2.77. The number of carbonyl (C=O) groups excluding carboxylic acids is 3. The van der Waals surface area contributed by atoms with Gasteiger partial charge in [-0.05, 0) is 44.0 Å². The maximum Gasteiger partial charge on any atom is 0.239 e. The molecule has 0 saturated heterocycles. The van der Waals surface area contributed by atoms with E-state index < -0.39 is 0 Å². The number of anilines is 1. The van der Waals surface area contributed by atoms with E-state index in [4.69, 9.17) is 0 Å². The van der Waals surface area contributed by atoms with Crippen molar-refractivity contribution in [3.05, 3.63) is 59.8 Å². The summed E-state index contributed by atoms with van der Waals surface area (Å²) in [6.07, 6.45) is 1.65. The first-order valence-corrected chi connectivity index (χ1v) is 9.67. The molecule has 29 heavy (non-hydrogen) atoms. The Morgan fingerprint density at radius 1 is 1.03 bits per heavy atom. The zero-order chi connectivity index (χ0) is 21.2. The Bertz CT molecular complexity index is 837. The fourth-order valence-electron chi connectivity index (χ4n) is 2.77. The first-order chi connectivity index (χ1) is 13.8. The third-order valence-electron chi connectivity index (χ3n) is 4.10. The van der Waals surface area contributed by atoms with Gasteiger partial charge < -0.3 is 15.5 Å². The lowest BCUT2D eigenvalue weighted by Crippen LogP contribution is -2.42. The molecule has 1 aromatic carbocycles. The summed E-state index contributed by atoms with van der Waals surface area (Å²) in [6.45, 7) is 5.90. The number of aryl methyl sites for hydroxylation is 1. The third kappa shape index (κ3) is 8.13. The van der Waals surface area contributed by atoms with Crippen molar-refractivity contribution in [1.29, 1.82) is 0 Å². The number of pyridine rings is 1. The van der Waals surface area contributed by atoms with Gasteiger partial charge in [-0.3, -0.25) is 14.4 Å². The van der Waals surface area contributed by atoms with Crippen LogP contribution in [0.1, 0.15) is 37.8 Å². The molecular weight excluding hydrogens is 368 g/mol. The first kappa shape index (κ1) is 22.1. The van der Waals surface area contributed by atoms with Gasteiger partial charge in [-0.25, -0.2) is 4.98 Å². The quantitative estimate of drug-likeness (QED) is 0.682. The normalized spacial score (nSPS) is 10.5. The number of benzene rings is 1. The summed E-state index contributed by atoms with van der Waals surface area (Å²) in [7, 11) is 0. The second-order valence-corrected chi connectivity index (χ2v) is 7.22. The van der Waals surface area contributed by atoms with Gasteiger partial charge in [-0.15, -0.1) is 0 Å². The van der Waals surface area contributed by atoms with Gasteiger partial charge in [-0.1, -0.05) is 30.3 Å². The zero-order valence-corrected chi connectivity index (χ0v) is 17.1. The minimum Gasteiger partial charge on any atom is -0.352 e. The van der Waals surface area contributed by atoms with Crippen molar-refractivity contribution >= 4 is 23.5 Å². The van der Waals surface area contributed by atoms with E-state index in [-0.39, 0.29) is 43.1 Å². The van der Waals surface area contributed by atoms with Crippen LogP contribution in [0.4, 0.5) is 5.82 Å². The van der Waals surface area contributed by atoms with Crippen LogP contribution in [0.5, 0.6) is 0 Å². The molecule has 0 radical (unpaired) electrons. The molecule has 0 bridgehead atoms. The molecule has 0 aliphatic rings. The number of hydrogen-bond donors (Lipinski definition) is 2. The van der Waals surface area contributed by atoms with Crippen molar-refractivity contribution in [3.8, 4) is 0 Å². The van der Waals surface area contributed by atoms with Crippen molar-refractivity contribution in [2.24, 2.45) is 0 Å². The van der Waals surface area contributed by atoms with Crippen LogP contribution in [-0.2, 0) is 20.9 Å². The van der Waals surface area contributed by atoms with E-state index in [1.807, 2.05) is 57.2 Å². The number of carbonyl (C=O) groups is 3. The highest BCUT2D eigenvalue weighted by molar-refractivity contribution is 5.93. The molecule has 0 atom stereocenters. The van der Waals surface area contributed by atoms with Gasteiger partial charge in [0, 0.05) is 31.6 Å². The highest BCUT2D eigenvalue weighted by atomic mass is 16.2. The number of aromatic nitrogens is 1. The Kier molecular flexibility index (Phi) is 8.33. The van der Waals surface area contributed by atoms with E-state index in [1.165, 1.54) is 4.90 Å². The molecule has 2 N–H and O–H groups in total. The number of hydrogen-bond acceptors (Lipinski definition) is 4.